The van der Waals surface area contributed by atoms with Crippen molar-refractivity contribution in [3.8, 4) is 0 Å². The fourth-order valence-electron chi connectivity index (χ4n) is 2.24. The van der Waals surface area contributed by atoms with E-state index in [-0.39, 0.29) is 12.1 Å². The van der Waals surface area contributed by atoms with Crippen molar-refractivity contribution in [3.05, 3.63) is 58.4 Å². The van der Waals surface area contributed by atoms with E-state index in [1.807, 2.05) is 17.7 Å². The molecule has 0 unspecified atom stereocenters. The largest absolute Gasteiger partial charge is 0.349 e. The maximum Gasteiger partial charge on any atom is 0.199 e. The van der Waals surface area contributed by atoms with Crippen molar-refractivity contribution in [2.45, 2.75) is 6.29 Å². The quantitative estimate of drug-likeness (QED) is 0.816. The Kier molecular flexibility index (Phi) is 3.61. The molecule has 0 saturated carbocycles. The zero-order valence-corrected chi connectivity index (χ0v) is 11.8. The van der Waals surface area contributed by atoms with Crippen LogP contribution in [0.25, 0.3) is 0 Å². The highest BCUT2D eigenvalue weighted by atomic mass is 35.5. The molecule has 0 N–H and O–H groups in total. The Bertz CT molecular complexity index is 627. The van der Waals surface area contributed by atoms with E-state index >= 15 is 0 Å². The van der Waals surface area contributed by atoms with E-state index in [4.69, 9.17) is 21.1 Å². The van der Waals surface area contributed by atoms with E-state index in [0.29, 0.717) is 29.4 Å². The lowest BCUT2D eigenvalue weighted by Gasteiger charge is -2.09. The molecule has 3 rings (SSSR count). The van der Waals surface area contributed by atoms with Crippen molar-refractivity contribution in [1.29, 1.82) is 0 Å². The van der Waals surface area contributed by atoms with Crippen molar-refractivity contribution in [3.63, 3.8) is 0 Å². The molecular formula is C15H14ClNO3. The highest BCUT2D eigenvalue weighted by Crippen LogP contribution is 2.25. The van der Waals surface area contributed by atoms with Crippen LogP contribution in [0.5, 0.6) is 0 Å². The monoisotopic (exact) mass is 291 g/mol. The first kappa shape index (κ1) is 13.4. The maximum absolute atomic E-state index is 12.4. The molecule has 0 aliphatic carbocycles. The highest BCUT2D eigenvalue weighted by Gasteiger charge is 2.23. The number of aromatic nitrogens is 1. The number of hydrogen-bond donors (Lipinski definition) is 0. The number of ketones is 1. The molecule has 104 valence electrons. The molecule has 0 atom stereocenters. The predicted octanol–water partition coefficient (Wildman–Crippen LogP) is 2.95. The van der Waals surface area contributed by atoms with Gasteiger partial charge in [0.1, 0.15) is 0 Å². The minimum atomic E-state index is -0.383. The first-order valence-corrected chi connectivity index (χ1v) is 6.72. The Morgan fingerprint density at radius 2 is 1.85 bits per heavy atom. The summed E-state index contributed by atoms with van der Waals surface area (Å²) in [5.74, 6) is -0.0403. The Labute approximate surface area is 121 Å². The topological polar surface area (TPSA) is 40.5 Å². The van der Waals surface area contributed by atoms with Gasteiger partial charge in [-0.3, -0.25) is 4.79 Å². The minimum absolute atomic E-state index is 0.0403. The van der Waals surface area contributed by atoms with Crippen LogP contribution in [0.1, 0.15) is 27.9 Å². The molecule has 0 bridgehead atoms. The van der Waals surface area contributed by atoms with Gasteiger partial charge in [0.05, 0.1) is 18.9 Å². The van der Waals surface area contributed by atoms with Crippen LogP contribution in [0.2, 0.25) is 5.02 Å². The van der Waals surface area contributed by atoms with E-state index in [0.717, 1.165) is 5.69 Å². The lowest BCUT2D eigenvalue weighted by Crippen LogP contribution is -2.03. The van der Waals surface area contributed by atoms with Crippen LogP contribution in [-0.2, 0) is 16.5 Å². The Morgan fingerprint density at radius 3 is 2.50 bits per heavy atom. The molecule has 0 amide bonds. The fraction of sp³-hybridized carbons (Fsp3) is 0.267. The molecule has 1 aromatic carbocycles. The van der Waals surface area contributed by atoms with Crippen molar-refractivity contribution in [2.75, 3.05) is 13.2 Å². The SMILES string of the molecule is Cn1cc(C(=O)c2ccc(Cl)cc2)cc1C1OCCO1. The van der Waals surface area contributed by atoms with E-state index in [1.165, 1.54) is 0 Å². The van der Waals surface area contributed by atoms with Crippen LogP contribution in [0, 0.1) is 0 Å². The van der Waals surface area contributed by atoms with Crippen LogP contribution >= 0.6 is 11.6 Å². The summed E-state index contributed by atoms with van der Waals surface area (Å²) in [7, 11) is 1.87. The van der Waals surface area contributed by atoms with Gasteiger partial charge in [-0.25, -0.2) is 0 Å². The third kappa shape index (κ3) is 2.50. The first-order chi connectivity index (χ1) is 9.65. The van der Waals surface area contributed by atoms with Gasteiger partial charge < -0.3 is 14.0 Å². The third-order valence-corrected chi connectivity index (χ3v) is 3.53. The Hall–Kier alpha value is -1.62. The standard InChI is InChI=1S/C15H14ClNO3/c1-17-9-11(8-13(17)15-19-6-7-20-15)14(18)10-2-4-12(16)5-3-10/h2-5,8-9,15H,6-7H2,1H3. The van der Waals surface area contributed by atoms with E-state index in [2.05, 4.69) is 0 Å². The molecule has 2 heterocycles. The number of nitrogens with zero attached hydrogens (tertiary/aromatic N) is 1. The van der Waals surface area contributed by atoms with Crippen molar-refractivity contribution in [2.24, 2.45) is 7.05 Å². The fourth-order valence-corrected chi connectivity index (χ4v) is 2.36. The summed E-state index contributed by atoms with van der Waals surface area (Å²) in [5, 5.41) is 0.614. The maximum atomic E-state index is 12.4. The number of halogens is 1. The number of rotatable bonds is 3. The highest BCUT2D eigenvalue weighted by molar-refractivity contribution is 6.30. The van der Waals surface area contributed by atoms with Crippen LogP contribution in [-0.4, -0.2) is 23.6 Å². The molecule has 1 aliphatic heterocycles. The van der Waals surface area contributed by atoms with Crippen LogP contribution in [0.3, 0.4) is 0 Å². The zero-order valence-electron chi connectivity index (χ0n) is 11.0. The number of carbonyl (C=O) groups is 1. The average Bonchev–Trinajstić information content (AvgIpc) is 3.07. The summed E-state index contributed by atoms with van der Waals surface area (Å²) in [6.45, 7) is 1.16. The zero-order chi connectivity index (χ0) is 14.1. The molecule has 5 heteroatoms. The molecule has 0 spiro atoms. The first-order valence-electron chi connectivity index (χ1n) is 6.35. The molecule has 2 aromatic rings. The second-order valence-corrected chi connectivity index (χ2v) is 5.11. The average molecular weight is 292 g/mol. The lowest BCUT2D eigenvalue weighted by atomic mass is 10.1. The lowest BCUT2D eigenvalue weighted by molar-refractivity contribution is -0.0491. The smallest absolute Gasteiger partial charge is 0.199 e. The Balaban J connectivity index is 1.88. The van der Waals surface area contributed by atoms with Crippen molar-refractivity contribution in [1.82, 2.24) is 4.57 Å². The molecule has 0 radical (unpaired) electrons. The third-order valence-electron chi connectivity index (χ3n) is 3.28. The van der Waals surface area contributed by atoms with E-state index in [1.54, 1.807) is 30.5 Å². The van der Waals surface area contributed by atoms with Gasteiger partial charge in [0.25, 0.3) is 0 Å². The number of carbonyl (C=O) groups excluding carboxylic acids is 1. The van der Waals surface area contributed by atoms with Gasteiger partial charge in [-0.1, -0.05) is 11.6 Å². The Morgan fingerprint density at radius 1 is 1.20 bits per heavy atom. The molecule has 1 aromatic heterocycles. The normalized spacial score (nSPS) is 15.7. The van der Waals surface area contributed by atoms with Gasteiger partial charge in [0.15, 0.2) is 12.1 Å². The second-order valence-electron chi connectivity index (χ2n) is 4.67. The van der Waals surface area contributed by atoms with E-state index < -0.39 is 0 Å². The van der Waals surface area contributed by atoms with E-state index in [9.17, 15) is 4.79 Å². The van der Waals surface area contributed by atoms with Crippen molar-refractivity contribution >= 4 is 17.4 Å². The molecular weight excluding hydrogens is 278 g/mol. The summed E-state index contributed by atoms with van der Waals surface area (Å²) in [6.07, 6.45) is 1.41. The summed E-state index contributed by atoms with van der Waals surface area (Å²) in [6, 6.07) is 8.68. The van der Waals surface area contributed by atoms with Gasteiger partial charge in [0, 0.05) is 29.4 Å². The summed E-state index contributed by atoms with van der Waals surface area (Å²) >= 11 is 5.83. The van der Waals surface area contributed by atoms with Crippen LogP contribution in [0.15, 0.2) is 36.5 Å². The number of benzene rings is 1. The molecule has 1 saturated heterocycles. The van der Waals surface area contributed by atoms with Gasteiger partial charge >= 0.3 is 0 Å². The summed E-state index contributed by atoms with van der Waals surface area (Å²) in [5.41, 5.74) is 2.07. The predicted molar refractivity (Wildman–Crippen MR) is 74.9 cm³/mol. The minimum Gasteiger partial charge on any atom is -0.349 e. The second kappa shape index (κ2) is 5.40. The van der Waals surface area contributed by atoms with Crippen LogP contribution < -0.4 is 0 Å². The van der Waals surface area contributed by atoms with Gasteiger partial charge in [-0.05, 0) is 30.3 Å². The summed E-state index contributed by atoms with van der Waals surface area (Å²) in [4.78, 5) is 12.4. The molecule has 1 aliphatic rings. The molecule has 4 nitrogen and oxygen atoms in total. The van der Waals surface area contributed by atoms with Gasteiger partial charge in [-0.15, -0.1) is 0 Å². The molecule has 20 heavy (non-hydrogen) atoms. The number of ether oxygens (including phenoxy) is 2. The van der Waals surface area contributed by atoms with Crippen molar-refractivity contribution < 1.29 is 14.3 Å². The number of aryl methyl sites for hydroxylation is 1. The molecule has 1 fully saturated rings. The van der Waals surface area contributed by atoms with Gasteiger partial charge in [-0.2, -0.15) is 0 Å². The summed E-state index contributed by atoms with van der Waals surface area (Å²) < 4.78 is 12.8. The number of hydrogen-bond acceptors (Lipinski definition) is 3. The van der Waals surface area contributed by atoms with Crippen LogP contribution in [0.4, 0.5) is 0 Å². The van der Waals surface area contributed by atoms with Gasteiger partial charge in [0.2, 0.25) is 0 Å².